The molecule has 1 saturated heterocycles. The molecule has 4 rings (SSSR count). The van der Waals surface area contributed by atoms with E-state index in [-0.39, 0.29) is 12.1 Å². The van der Waals surface area contributed by atoms with Gasteiger partial charge in [0.1, 0.15) is 11.8 Å². The van der Waals surface area contributed by atoms with Gasteiger partial charge >= 0.3 is 0 Å². The van der Waals surface area contributed by atoms with Crippen LogP contribution in [0.25, 0.3) is 0 Å². The molecule has 2 heterocycles. The van der Waals surface area contributed by atoms with Gasteiger partial charge in [0, 0.05) is 6.54 Å². The molecule has 0 radical (unpaired) electrons. The summed E-state index contributed by atoms with van der Waals surface area (Å²) in [6.07, 6.45) is 3.96. The van der Waals surface area contributed by atoms with Crippen molar-refractivity contribution in [1.82, 2.24) is 4.98 Å². The van der Waals surface area contributed by atoms with Crippen LogP contribution < -0.4 is 4.90 Å². The van der Waals surface area contributed by atoms with Crippen molar-refractivity contribution in [3.05, 3.63) is 24.0 Å². The fourth-order valence-electron chi connectivity index (χ4n) is 4.33. The maximum absolute atomic E-state index is 10.3. The molecule has 2 aliphatic carbocycles. The lowest BCUT2D eigenvalue weighted by atomic mass is 9.88. The zero-order valence-corrected chi connectivity index (χ0v) is 10.0. The summed E-state index contributed by atoms with van der Waals surface area (Å²) in [6.45, 7) is 1.04. The van der Waals surface area contributed by atoms with Gasteiger partial charge in [0.25, 0.3) is 0 Å². The molecule has 92 valence electrons. The molecule has 1 aliphatic heterocycles. The molecule has 0 spiro atoms. The van der Waals surface area contributed by atoms with Crippen molar-refractivity contribution in [2.24, 2.45) is 17.8 Å². The third-order valence-corrected chi connectivity index (χ3v) is 5.04. The van der Waals surface area contributed by atoms with Gasteiger partial charge < -0.3 is 10.0 Å². The Morgan fingerprint density at radius 2 is 2.22 bits per heavy atom. The predicted molar refractivity (Wildman–Crippen MR) is 65.8 cm³/mol. The van der Waals surface area contributed by atoms with E-state index in [0.717, 1.165) is 18.2 Å². The van der Waals surface area contributed by atoms with Crippen LogP contribution in [-0.2, 0) is 0 Å². The number of aliphatic hydroxyl groups excluding tert-OH is 1. The molecule has 1 aromatic heterocycles. The number of fused-ring (bicyclic) bond motifs is 1. The SMILES string of the molecule is N#Cc1ccc(N2C[C@@H]3C[C@H]4C[C@H]3[C@H]2[C@@H]4O)cn1. The van der Waals surface area contributed by atoms with E-state index in [1.807, 2.05) is 12.1 Å². The number of anilines is 1. The number of hydrogen-bond donors (Lipinski definition) is 1. The lowest BCUT2D eigenvalue weighted by molar-refractivity contribution is 0.0966. The van der Waals surface area contributed by atoms with Gasteiger partial charge in [-0.15, -0.1) is 0 Å². The second kappa shape index (κ2) is 3.46. The van der Waals surface area contributed by atoms with Crippen molar-refractivity contribution in [2.45, 2.75) is 25.0 Å². The van der Waals surface area contributed by atoms with Crippen molar-refractivity contribution in [3.8, 4) is 6.07 Å². The summed E-state index contributed by atoms with van der Waals surface area (Å²) in [5, 5.41) is 19.1. The van der Waals surface area contributed by atoms with Gasteiger partial charge in [0.15, 0.2) is 0 Å². The summed E-state index contributed by atoms with van der Waals surface area (Å²) < 4.78 is 0. The minimum atomic E-state index is -0.176. The Balaban J connectivity index is 1.68. The topological polar surface area (TPSA) is 60.2 Å². The molecule has 0 aromatic carbocycles. The maximum atomic E-state index is 10.3. The molecule has 2 saturated carbocycles. The lowest BCUT2D eigenvalue weighted by Crippen LogP contribution is -2.40. The number of aromatic nitrogens is 1. The summed E-state index contributed by atoms with van der Waals surface area (Å²) in [6, 6.07) is 6.03. The van der Waals surface area contributed by atoms with Gasteiger partial charge in [0.2, 0.25) is 0 Å². The van der Waals surface area contributed by atoms with Crippen LogP contribution in [0.1, 0.15) is 18.5 Å². The number of nitrogens with zero attached hydrogens (tertiary/aromatic N) is 3. The summed E-state index contributed by atoms with van der Waals surface area (Å²) in [5.74, 6) is 1.93. The molecular weight excluding hydrogens is 226 g/mol. The summed E-state index contributed by atoms with van der Waals surface area (Å²) in [4.78, 5) is 6.44. The highest BCUT2D eigenvalue weighted by Gasteiger charge is 2.58. The van der Waals surface area contributed by atoms with Crippen molar-refractivity contribution in [1.29, 1.82) is 5.26 Å². The Morgan fingerprint density at radius 3 is 2.89 bits per heavy atom. The molecule has 1 aromatic rings. The third-order valence-electron chi connectivity index (χ3n) is 5.04. The van der Waals surface area contributed by atoms with Crippen LogP contribution in [0.2, 0.25) is 0 Å². The summed E-state index contributed by atoms with van der Waals surface area (Å²) in [7, 11) is 0. The number of aliphatic hydroxyl groups is 1. The minimum Gasteiger partial charge on any atom is -0.391 e. The van der Waals surface area contributed by atoms with E-state index >= 15 is 0 Å². The van der Waals surface area contributed by atoms with Gasteiger partial charge in [-0.3, -0.25) is 0 Å². The van der Waals surface area contributed by atoms with Gasteiger partial charge in [-0.25, -0.2) is 4.98 Å². The fraction of sp³-hybridized carbons (Fsp3) is 0.571. The molecule has 1 N–H and O–H groups in total. The largest absolute Gasteiger partial charge is 0.391 e. The Hall–Kier alpha value is -1.60. The smallest absolute Gasteiger partial charge is 0.140 e. The van der Waals surface area contributed by atoms with Gasteiger partial charge in [-0.2, -0.15) is 5.26 Å². The van der Waals surface area contributed by atoms with Gasteiger partial charge in [-0.1, -0.05) is 0 Å². The zero-order valence-electron chi connectivity index (χ0n) is 10.0. The van der Waals surface area contributed by atoms with Crippen molar-refractivity contribution < 1.29 is 5.11 Å². The van der Waals surface area contributed by atoms with Crippen LogP contribution in [0.4, 0.5) is 5.69 Å². The monoisotopic (exact) mass is 241 g/mol. The molecule has 0 amide bonds. The summed E-state index contributed by atoms with van der Waals surface area (Å²) >= 11 is 0. The molecular formula is C14H15N3O. The highest BCUT2D eigenvalue weighted by Crippen LogP contribution is 2.55. The van der Waals surface area contributed by atoms with E-state index in [2.05, 4.69) is 9.88 Å². The number of rotatable bonds is 1. The quantitative estimate of drug-likeness (QED) is 0.801. The van der Waals surface area contributed by atoms with Crippen LogP contribution in [0.5, 0.6) is 0 Å². The third kappa shape index (κ3) is 1.20. The van der Waals surface area contributed by atoms with Crippen LogP contribution in [0.15, 0.2) is 18.3 Å². The molecule has 4 nitrogen and oxygen atoms in total. The van der Waals surface area contributed by atoms with E-state index in [1.54, 1.807) is 12.3 Å². The zero-order chi connectivity index (χ0) is 12.3. The van der Waals surface area contributed by atoms with Crippen molar-refractivity contribution in [2.75, 3.05) is 11.4 Å². The van der Waals surface area contributed by atoms with E-state index in [9.17, 15) is 5.11 Å². The maximum Gasteiger partial charge on any atom is 0.140 e. The molecule has 4 heteroatoms. The van der Waals surface area contributed by atoms with Crippen LogP contribution >= 0.6 is 0 Å². The van der Waals surface area contributed by atoms with Gasteiger partial charge in [-0.05, 0) is 42.7 Å². The average molecular weight is 241 g/mol. The summed E-state index contributed by atoms with van der Waals surface area (Å²) in [5.41, 5.74) is 1.50. The molecule has 2 bridgehead atoms. The van der Waals surface area contributed by atoms with E-state index < -0.39 is 0 Å². The Kier molecular flexibility index (Phi) is 1.98. The Morgan fingerprint density at radius 1 is 1.33 bits per heavy atom. The van der Waals surface area contributed by atoms with E-state index in [4.69, 9.17) is 5.26 Å². The fourth-order valence-corrected chi connectivity index (χ4v) is 4.33. The second-order valence-corrected chi connectivity index (χ2v) is 5.80. The van der Waals surface area contributed by atoms with Crippen molar-refractivity contribution >= 4 is 5.69 Å². The number of nitriles is 1. The first-order chi connectivity index (χ1) is 8.78. The predicted octanol–water partition coefficient (Wildman–Crippen LogP) is 1.16. The highest BCUT2D eigenvalue weighted by atomic mass is 16.3. The molecule has 0 unspecified atom stereocenters. The van der Waals surface area contributed by atoms with Crippen LogP contribution in [0.3, 0.4) is 0 Å². The van der Waals surface area contributed by atoms with Gasteiger partial charge in [0.05, 0.1) is 24.0 Å². The molecule has 3 fully saturated rings. The number of pyridine rings is 1. The first-order valence-electron chi connectivity index (χ1n) is 6.59. The van der Waals surface area contributed by atoms with Crippen molar-refractivity contribution in [3.63, 3.8) is 0 Å². The van der Waals surface area contributed by atoms with Crippen LogP contribution in [0, 0.1) is 29.1 Å². The first kappa shape index (κ1) is 10.3. The first-order valence-corrected chi connectivity index (χ1v) is 6.59. The van der Waals surface area contributed by atoms with E-state index in [1.165, 1.54) is 12.8 Å². The Labute approximate surface area is 106 Å². The second-order valence-electron chi connectivity index (χ2n) is 5.80. The highest BCUT2D eigenvalue weighted by molar-refractivity contribution is 5.50. The molecule has 5 atom stereocenters. The normalized spacial score (nSPS) is 40.2. The van der Waals surface area contributed by atoms with E-state index in [0.29, 0.717) is 17.5 Å². The molecule has 3 aliphatic rings. The average Bonchev–Trinajstić information content (AvgIpc) is 3.00. The Bertz CT molecular complexity index is 519. The minimum absolute atomic E-state index is 0.176. The lowest BCUT2D eigenvalue weighted by Gasteiger charge is -2.30. The standard InChI is InChI=1S/C14H15N3O/c15-5-10-1-2-11(6-16-10)17-7-9-3-8-4-12(9)13(17)14(8)18/h1-2,6,8-9,12-14,18H,3-4,7H2/t8-,9-,12+,13-,14+/m0/s1. The van der Waals surface area contributed by atoms with Crippen LogP contribution in [-0.4, -0.2) is 28.8 Å². The number of hydrogen-bond acceptors (Lipinski definition) is 4. The molecule has 18 heavy (non-hydrogen) atoms.